The first-order chi connectivity index (χ1) is 9.62. The number of rotatable bonds is 8. The molecule has 0 aliphatic heterocycles. The lowest BCUT2D eigenvalue weighted by Gasteiger charge is -2.21. The molecule has 0 saturated carbocycles. The van der Waals surface area contributed by atoms with E-state index in [0.717, 1.165) is 19.5 Å². The Morgan fingerprint density at radius 3 is 2.40 bits per heavy atom. The maximum atomic E-state index is 8.72. The van der Waals surface area contributed by atoms with Gasteiger partial charge in [-0.25, -0.2) is 0 Å². The van der Waals surface area contributed by atoms with Gasteiger partial charge >= 0.3 is 0 Å². The monoisotopic (exact) mass is 277 g/mol. The normalized spacial score (nSPS) is 9.95. The van der Waals surface area contributed by atoms with Crippen molar-refractivity contribution >= 4 is 17.8 Å². The second-order valence-corrected chi connectivity index (χ2v) is 4.57. The molecule has 0 unspecified atom stereocenters. The molecule has 7 heteroatoms. The van der Waals surface area contributed by atoms with Crippen LogP contribution in [0.5, 0.6) is 0 Å². The van der Waals surface area contributed by atoms with Crippen molar-refractivity contribution in [2.45, 2.75) is 26.7 Å². The van der Waals surface area contributed by atoms with E-state index >= 15 is 0 Å². The van der Waals surface area contributed by atoms with Crippen LogP contribution in [0.1, 0.15) is 26.7 Å². The Hall–Kier alpha value is -2.10. The van der Waals surface area contributed by atoms with E-state index in [9.17, 15) is 0 Å². The van der Waals surface area contributed by atoms with Crippen molar-refractivity contribution in [2.24, 2.45) is 0 Å². The largest absolute Gasteiger partial charge is 0.354 e. The van der Waals surface area contributed by atoms with Crippen LogP contribution in [-0.2, 0) is 0 Å². The molecule has 20 heavy (non-hydrogen) atoms. The van der Waals surface area contributed by atoms with Crippen LogP contribution in [0, 0.1) is 11.3 Å². The van der Waals surface area contributed by atoms with E-state index in [-0.39, 0.29) is 0 Å². The van der Waals surface area contributed by atoms with Gasteiger partial charge in [0.1, 0.15) is 0 Å². The Balaban J connectivity index is 3.03. The van der Waals surface area contributed by atoms with E-state index in [0.29, 0.717) is 30.8 Å². The van der Waals surface area contributed by atoms with Crippen molar-refractivity contribution in [1.82, 2.24) is 15.0 Å². The van der Waals surface area contributed by atoms with Crippen LogP contribution in [0.15, 0.2) is 0 Å². The van der Waals surface area contributed by atoms with Gasteiger partial charge in [-0.15, -0.1) is 0 Å². The van der Waals surface area contributed by atoms with Crippen LogP contribution in [0.25, 0.3) is 0 Å². The lowest BCUT2D eigenvalue weighted by atomic mass is 10.4. The van der Waals surface area contributed by atoms with Gasteiger partial charge in [-0.05, 0) is 13.3 Å². The Kier molecular flexibility index (Phi) is 6.50. The fourth-order valence-corrected chi connectivity index (χ4v) is 1.60. The molecular formula is C13H23N7. The molecule has 0 aliphatic rings. The minimum absolute atomic E-state index is 0.453. The average molecular weight is 277 g/mol. The van der Waals surface area contributed by atoms with Crippen LogP contribution in [0.2, 0.25) is 0 Å². The summed E-state index contributed by atoms with van der Waals surface area (Å²) in [6.45, 7) is 6.31. The van der Waals surface area contributed by atoms with Crippen LogP contribution in [0.4, 0.5) is 17.8 Å². The maximum absolute atomic E-state index is 8.72. The van der Waals surface area contributed by atoms with Crippen LogP contribution >= 0.6 is 0 Å². The van der Waals surface area contributed by atoms with Crippen molar-refractivity contribution in [3.05, 3.63) is 0 Å². The Morgan fingerprint density at radius 2 is 1.85 bits per heavy atom. The molecule has 1 rings (SSSR count). The van der Waals surface area contributed by atoms with E-state index in [1.165, 1.54) is 0 Å². The van der Waals surface area contributed by atoms with Gasteiger partial charge in [0.2, 0.25) is 17.8 Å². The molecule has 1 N–H and O–H groups in total. The predicted molar refractivity (Wildman–Crippen MR) is 81.1 cm³/mol. The molecule has 1 heterocycles. The summed E-state index contributed by atoms with van der Waals surface area (Å²) in [5.74, 6) is 1.81. The van der Waals surface area contributed by atoms with Crippen molar-refractivity contribution in [1.29, 1.82) is 5.26 Å². The second-order valence-electron chi connectivity index (χ2n) is 4.57. The zero-order valence-electron chi connectivity index (χ0n) is 12.7. The molecule has 1 aromatic rings. The summed E-state index contributed by atoms with van der Waals surface area (Å²) >= 11 is 0. The van der Waals surface area contributed by atoms with Gasteiger partial charge in [0.05, 0.1) is 12.5 Å². The standard InChI is InChI=1S/C13H23N7/c1-5-9-15-11-16-12(19(3)4)18-13(17-11)20(6-2)10-7-8-14/h5-7,9-10H2,1-4H3,(H,15,16,17,18). The molecule has 0 amide bonds. The highest BCUT2D eigenvalue weighted by Crippen LogP contribution is 2.15. The number of hydrogen-bond donors (Lipinski definition) is 1. The molecule has 0 saturated heterocycles. The van der Waals surface area contributed by atoms with Crippen LogP contribution < -0.4 is 15.1 Å². The first-order valence-corrected chi connectivity index (χ1v) is 6.91. The van der Waals surface area contributed by atoms with Crippen molar-refractivity contribution in [3.63, 3.8) is 0 Å². The molecule has 0 bridgehead atoms. The van der Waals surface area contributed by atoms with Gasteiger partial charge < -0.3 is 15.1 Å². The molecule has 0 aromatic carbocycles. The smallest absolute Gasteiger partial charge is 0.231 e. The molecule has 0 atom stereocenters. The molecular weight excluding hydrogens is 254 g/mol. The molecule has 0 fully saturated rings. The quantitative estimate of drug-likeness (QED) is 0.771. The summed E-state index contributed by atoms with van der Waals surface area (Å²) in [5, 5.41) is 11.9. The lowest BCUT2D eigenvalue weighted by molar-refractivity contribution is 0.779. The minimum Gasteiger partial charge on any atom is -0.354 e. The topological polar surface area (TPSA) is 81.0 Å². The fourth-order valence-electron chi connectivity index (χ4n) is 1.60. The molecule has 0 spiro atoms. The zero-order chi connectivity index (χ0) is 15.0. The summed E-state index contributed by atoms with van der Waals surface area (Å²) in [5.41, 5.74) is 0. The van der Waals surface area contributed by atoms with E-state index in [1.54, 1.807) is 0 Å². The van der Waals surface area contributed by atoms with Gasteiger partial charge in [-0.3, -0.25) is 0 Å². The van der Waals surface area contributed by atoms with Gasteiger partial charge in [0.25, 0.3) is 0 Å². The van der Waals surface area contributed by atoms with Crippen molar-refractivity contribution in [3.8, 4) is 6.07 Å². The first-order valence-electron chi connectivity index (χ1n) is 6.91. The van der Waals surface area contributed by atoms with E-state index in [1.807, 2.05) is 30.8 Å². The molecule has 0 radical (unpaired) electrons. The summed E-state index contributed by atoms with van der Waals surface area (Å²) < 4.78 is 0. The van der Waals surface area contributed by atoms with Crippen LogP contribution in [-0.4, -0.2) is 48.7 Å². The van der Waals surface area contributed by atoms with Gasteiger partial charge in [-0.1, -0.05) is 6.92 Å². The zero-order valence-corrected chi connectivity index (χ0v) is 12.7. The fraction of sp³-hybridized carbons (Fsp3) is 0.692. The number of nitrogens with zero attached hydrogens (tertiary/aromatic N) is 6. The number of anilines is 3. The molecule has 7 nitrogen and oxygen atoms in total. The first kappa shape index (κ1) is 16.0. The third-order valence-electron chi connectivity index (χ3n) is 2.70. The number of nitriles is 1. The highest BCUT2D eigenvalue weighted by atomic mass is 15.3. The Bertz CT molecular complexity index is 453. The predicted octanol–water partition coefficient (Wildman–Crippen LogP) is 1.50. The summed E-state index contributed by atoms with van der Waals surface area (Å²) in [4.78, 5) is 17.1. The number of aromatic nitrogens is 3. The van der Waals surface area contributed by atoms with Crippen molar-refractivity contribution in [2.75, 3.05) is 48.8 Å². The van der Waals surface area contributed by atoms with Crippen molar-refractivity contribution < 1.29 is 0 Å². The minimum atomic E-state index is 0.453. The Morgan fingerprint density at radius 1 is 1.15 bits per heavy atom. The lowest BCUT2D eigenvalue weighted by Crippen LogP contribution is -2.27. The van der Waals surface area contributed by atoms with E-state index in [4.69, 9.17) is 5.26 Å². The van der Waals surface area contributed by atoms with Crippen LogP contribution in [0.3, 0.4) is 0 Å². The summed E-state index contributed by atoms with van der Waals surface area (Å²) in [6.07, 6.45) is 1.46. The maximum Gasteiger partial charge on any atom is 0.231 e. The Labute approximate surface area is 120 Å². The van der Waals surface area contributed by atoms with Gasteiger partial charge in [0, 0.05) is 33.7 Å². The number of hydrogen-bond acceptors (Lipinski definition) is 7. The molecule has 110 valence electrons. The molecule has 0 aliphatic carbocycles. The SMILES string of the molecule is CCCNc1nc(N(C)C)nc(N(CC)CCC#N)n1. The summed E-state index contributed by atoms with van der Waals surface area (Å²) in [7, 11) is 3.79. The van der Waals surface area contributed by atoms with E-state index < -0.39 is 0 Å². The third kappa shape index (κ3) is 4.53. The molecule has 1 aromatic heterocycles. The van der Waals surface area contributed by atoms with Gasteiger partial charge in [0.15, 0.2) is 0 Å². The average Bonchev–Trinajstić information content (AvgIpc) is 2.45. The highest BCUT2D eigenvalue weighted by Gasteiger charge is 2.13. The van der Waals surface area contributed by atoms with Gasteiger partial charge in [-0.2, -0.15) is 20.2 Å². The number of nitrogens with one attached hydrogen (secondary N) is 1. The third-order valence-corrected chi connectivity index (χ3v) is 2.70. The highest BCUT2D eigenvalue weighted by molar-refractivity contribution is 5.44. The summed E-state index contributed by atoms with van der Waals surface area (Å²) in [6, 6.07) is 2.15. The second kappa shape index (κ2) is 8.15. The van der Waals surface area contributed by atoms with E-state index in [2.05, 4.69) is 33.3 Å².